The van der Waals surface area contributed by atoms with Crippen LogP contribution in [-0.4, -0.2) is 23.0 Å². The van der Waals surface area contributed by atoms with Gasteiger partial charge in [-0.05, 0) is 36.4 Å². The van der Waals surface area contributed by atoms with Gasteiger partial charge in [-0.15, -0.1) is 11.3 Å². The van der Waals surface area contributed by atoms with Crippen LogP contribution in [0.25, 0.3) is 6.08 Å². The first-order valence-electron chi connectivity index (χ1n) is 5.80. The normalized spacial score (nSPS) is 12.6. The predicted molar refractivity (Wildman–Crippen MR) is 72.6 cm³/mol. The Morgan fingerprint density at radius 2 is 2.28 bits per heavy atom. The van der Waals surface area contributed by atoms with Crippen LogP contribution in [0.5, 0.6) is 0 Å². The van der Waals surface area contributed by atoms with Crippen LogP contribution in [0.15, 0.2) is 17.5 Å². The van der Waals surface area contributed by atoms with E-state index in [1.807, 2.05) is 25.3 Å². The molecule has 18 heavy (non-hydrogen) atoms. The third-order valence-electron chi connectivity index (χ3n) is 2.48. The lowest BCUT2D eigenvalue weighted by Gasteiger charge is -2.11. The number of thiophene rings is 1. The lowest BCUT2D eigenvalue weighted by molar-refractivity contribution is -0.141. The molecule has 0 radical (unpaired) electrons. The van der Waals surface area contributed by atoms with Crippen LogP contribution >= 0.6 is 11.3 Å². The van der Waals surface area contributed by atoms with Crippen LogP contribution in [-0.2, 0) is 9.59 Å². The Kier molecular flexibility index (Phi) is 5.58. The first kappa shape index (κ1) is 14.4. The van der Waals surface area contributed by atoms with Gasteiger partial charge in [-0.3, -0.25) is 4.79 Å². The number of rotatable bonds is 6. The Hall–Kier alpha value is -1.62. The van der Waals surface area contributed by atoms with E-state index in [1.165, 1.54) is 6.08 Å². The van der Waals surface area contributed by atoms with Crippen molar-refractivity contribution < 1.29 is 14.7 Å². The molecule has 1 atom stereocenters. The van der Waals surface area contributed by atoms with Crippen molar-refractivity contribution in [2.24, 2.45) is 0 Å². The summed E-state index contributed by atoms with van der Waals surface area (Å²) in [6.07, 6.45) is 4.24. The Morgan fingerprint density at radius 3 is 2.78 bits per heavy atom. The summed E-state index contributed by atoms with van der Waals surface area (Å²) in [6.45, 7) is 3.85. The summed E-state index contributed by atoms with van der Waals surface area (Å²) in [6, 6.07) is 1.16. The molecule has 0 aliphatic rings. The van der Waals surface area contributed by atoms with Gasteiger partial charge in [-0.2, -0.15) is 0 Å². The molecule has 1 unspecified atom stereocenters. The Labute approximate surface area is 110 Å². The molecule has 0 saturated carbocycles. The SMILES string of the molecule is CCCC(NC(=O)/C=C/c1sccc1C)C(=O)O. The molecular weight excluding hydrogens is 250 g/mol. The number of carbonyl (C=O) groups is 2. The van der Waals surface area contributed by atoms with E-state index in [2.05, 4.69) is 5.32 Å². The van der Waals surface area contributed by atoms with Crippen molar-refractivity contribution in [1.82, 2.24) is 5.32 Å². The van der Waals surface area contributed by atoms with E-state index in [1.54, 1.807) is 17.4 Å². The average Bonchev–Trinajstić information content (AvgIpc) is 2.71. The van der Waals surface area contributed by atoms with Crippen molar-refractivity contribution in [2.45, 2.75) is 32.7 Å². The molecular formula is C13H17NO3S. The zero-order valence-electron chi connectivity index (χ0n) is 10.5. The Morgan fingerprint density at radius 1 is 1.56 bits per heavy atom. The van der Waals surface area contributed by atoms with Crippen LogP contribution in [0.3, 0.4) is 0 Å². The molecule has 98 valence electrons. The van der Waals surface area contributed by atoms with Crippen molar-refractivity contribution >= 4 is 29.3 Å². The summed E-state index contributed by atoms with van der Waals surface area (Å²) in [7, 11) is 0. The van der Waals surface area contributed by atoms with Gasteiger partial charge < -0.3 is 10.4 Å². The summed E-state index contributed by atoms with van der Waals surface area (Å²) in [5, 5.41) is 13.3. The molecule has 2 N–H and O–H groups in total. The molecule has 0 aromatic carbocycles. The van der Waals surface area contributed by atoms with Crippen molar-refractivity contribution in [3.05, 3.63) is 28.0 Å². The van der Waals surface area contributed by atoms with Crippen molar-refractivity contribution in [2.75, 3.05) is 0 Å². The molecule has 1 amide bonds. The number of amides is 1. The maximum atomic E-state index is 11.6. The minimum atomic E-state index is -0.995. The minimum Gasteiger partial charge on any atom is -0.480 e. The lowest BCUT2D eigenvalue weighted by atomic mass is 10.1. The van der Waals surface area contributed by atoms with Crippen LogP contribution in [0, 0.1) is 6.92 Å². The summed E-state index contributed by atoms with van der Waals surface area (Å²) in [4.78, 5) is 23.5. The van der Waals surface area contributed by atoms with Gasteiger partial charge in [-0.25, -0.2) is 4.79 Å². The molecule has 0 spiro atoms. The minimum absolute atomic E-state index is 0.372. The highest BCUT2D eigenvalue weighted by Crippen LogP contribution is 2.16. The smallest absolute Gasteiger partial charge is 0.326 e. The van der Waals surface area contributed by atoms with Gasteiger partial charge in [0.1, 0.15) is 6.04 Å². The molecule has 0 fully saturated rings. The zero-order chi connectivity index (χ0) is 13.5. The summed E-state index contributed by atoms with van der Waals surface area (Å²) < 4.78 is 0. The standard InChI is InChI=1S/C13H17NO3S/c1-3-4-10(13(16)17)14-12(15)6-5-11-9(2)7-8-18-11/h5-8,10H,3-4H2,1-2H3,(H,14,15)(H,16,17)/b6-5+. The van der Waals surface area contributed by atoms with E-state index < -0.39 is 12.0 Å². The highest BCUT2D eigenvalue weighted by atomic mass is 32.1. The second-order valence-electron chi connectivity index (χ2n) is 3.99. The second kappa shape index (κ2) is 6.96. The van der Waals surface area contributed by atoms with Gasteiger partial charge in [0.25, 0.3) is 0 Å². The molecule has 4 nitrogen and oxygen atoms in total. The van der Waals surface area contributed by atoms with Crippen LogP contribution in [0.1, 0.15) is 30.2 Å². The molecule has 0 aliphatic heterocycles. The van der Waals surface area contributed by atoms with Gasteiger partial charge in [0.15, 0.2) is 0 Å². The summed E-state index contributed by atoms with van der Waals surface area (Å²) in [5.41, 5.74) is 1.10. The second-order valence-corrected chi connectivity index (χ2v) is 4.94. The monoisotopic (exact) mass is 267 g/mol. The predicted octanol–water partition coefficient (Wildman–Crippen LogP) is 2.44. The first-order valence-corrected chi connectivity index (χ1v) is 6.68. The number of aryl methyl sites for hydroxylation is 1. The fraction of sp³-hybridized carbons (Fsp3) is 0.385. The van der Waals surface area contributed by atoms with Gasteiger partial charge >= 0.3 is 5.97 Å². The van der Waals surface area contributed by atoms with Gasteiger partial charge in [0, 0.05) is 11.0 Å². The van der Waals surface area contributed by atoms with E-state index in [-0.39, 0.29) is 5.91 Å². The lowest BCUT2D eigenvalue weighted by Crippen LogP contribution is -2.39. The molecule has 0 aliphatic carbocycles. The van der Waals surface area contributed by atoms with Gasteiger partial charge in [-0.1, -0.05) is 13.3 Å². The van der Waals surface area contributed by atoms with E-state index >= 15 is 0 Å². The van der Waals surface area contributed by atoms with Crippen LogP contribution in [0.2, 0.25) is 0 Å². The number of carbonyl (C=O) groups excluding carboxylic acids is 1. The van der Waals surface area contributed by atoms with E-state index in [4.69, 9.17) is 5.11 Å². The zero-order valence-corrected chi connectivity index (χ0v) is 11.3. The third kappa shape index (κ3) is 4.33. The van der Waals surface area contributed by atoms with Crippen molar-refractivity contribution in [3.8, 4) is 0 Å². The molecule has 5 heteroatoms. The summed E-state index contributed by atoms with van der Waals surface area (Å²) in [5.74, 6) is -1.37. The molecule has 1 heterocycles. The topological polar surface area (TPSA) is 66.4 Å². The Bertz CT molecular complexity index is 451. The summed E-state index contributed by atoms with van der Waals surface area (Å²) >= 11 is 1.54. The number of carboxylic acid groups (broad SMARTS) is 1. The maximum Gasteiger partial charge on any atom is 0.326 e. The fourth-order valence-corrected chi connectivity index (χ4v) is 2.29. The fourth-order valence-electron chi connectivity index (χ4n) is 1.47. The molecule has 1 aromatic rings. The van der Waals surface area contributed by atoms with Gasteiger partial charge in [0.05, 0.1) is 0 Å². The average molecular weight is 267 g/mol. The number of nitrogens with one attached hydrogen (secondary N) is 1. The number of aliphatic carboxylic acids is 1. The molecule has 1 aromatic heterocycles. The number of hydrogen-bond donors (Lipinski definition) is 2. The maximum absolute atomic E-state index is 11.6. The van der Waals surface area contributed by atoms with Gasteiger partial charge in [0.2, 0.25) is 5.91 Å². The number of carboxylic acids is 1. The molecule has 0 bridgehead atoms. The number of hydrogen-bond acceptors (Lipinski definition) is 3. The van der Waals surface area contributed by atoms with Crippen molar-refractivity contribution in [1.29, 1.82) is 0 Å². The largest absolute Gasteiger partial charge is 0.480 e. The van der Waals surface area contributed by atoms with E-state index in [0.29, 0.717) is 12.8 Å². The third-order valence-corrected chi connectivity index (χ3v) is 3.46. The Balaban J connectivity index is 2.58. The quantitative estimate of drug-likeness (QED) is 0.778. The highest BCUT2D eigenvalue weighted by Gasteiger charge is 2.17. The first-order chi connectivity index (χ1) is 8.54. The van der Waals surface area contributed by atoms with E-state index in [0.717, 1.165) is 10.4 Å². The van der Waals surface area contributed by atoms with Crippen LogP contribution < -0.4 is 5.32 Å². The molecule has 1 rings (SSSR count). The molecule has 0 saturated heterocycles. The van der Waals surface area contributed by atoms with Crippen LogP contribution in [0.4, 0.5) is 0 Å². The van der Waals surface area contributed by atoms with E-state index in [9.17, 15) is 9.59 Å². The highest BCUT2D eigenvalue weighted by molar-refractivity contribution is 7.11. The van der Waals surface area contributed by atoms with Crippen molar-refractivity contribution in [3.63, 3.8) is 0 Å².